The van der Waals surface area contributed by atoms with Crippen molar-refractivity contribution in [2.24, 2.45) is 0 Å². The predicted octanol–water partition coefficient (Wildman–Crippen LogP) is 3.97. The van der Waals surface area contributed by atoms with Crippen LogP contribution in [0.1, 0.15) is 29.7 Å². The van der Waals surface area contributed by atoms with Crippen LogP contribution in [0.2, 0.25) is 0 Å². The predicted molar refractivity (Wildman–Crippen MR) is 149 cm³/mol. The van der Waals surface area contributed by atoms with Gasteiger partial charge < -0.3 is 24.9 Å². The van der Waals surface area contributed by atoms with E-state index in [1.807, 2.05) is 17.0 Å². The van der Waals surface area contributed by atoms with Crippen LogP contribution in [-0.4, -0.2) is 67.1 Å². The molecule has 0 radical (unpaired) electrons. The smallest absolute Gasteiger partial charge is 0.229 e. The van der Waals surface area contributed by atoms with Gasteiger partial charge in [-0.05, 0) is 75.2 Å². The molecule has 0 bridgehead atoms. The summed E-state index contributed by atoms with van der Waals surface area (Å²) in [5.41, 5.74) is 6.66. The van der Waals surface area contributed by atoms with Crippen LogP contribution in [0.4, 0.5) is 28.8 Å². The summed E-state index contributed by atoms with van der Waals surface area (Å²) in [6.45, 7) is 8.06. The maximum absolute atomic E-state index is 11.6. The molecule has 1 saturated carbocycles. The second-order valence-electron chi connectivity index (χ2n) is 10.5. The molecule has 2 aromatic carbocycles. The van der Waals surface area contributed by atoms with Gasteiger partial charge in [-0.2, -0.15) is 4.98 Å². The summed E-state index contributed by atoms with van der Waals surface area (Å²) in [7, 11) is 2.18. The number of rotatable bonds is 8. The number of aromatic nitrogens is 2. The van der Waals surface area contributed by atoms with E-state index in [2.05, 4.69) is 70.4 Å². The van der Waals surface area contributed by atoms with Crippen LogP contribution in [0.25, 0.3) is 0 Å². The molecule has 1 N–H and O–H groups in total. The number of fused-ring (bicyclic) bond motifs is 1. The SMILES string of the molecule is Cc1nc(Nc2ccc(N3CCN(C)CC3)cc2)nc2c1CCN2Cc1cccc(N(C=O)C2CC2)c1. The lowest BCUT2D eigenvalue weighted by Crippen LogP contribution is -2.44. The molecule has 0 spiro atoms. The lowest BCUT2D eigenvalue weighted by molar-refractivity contribution is -0.107. The Balaban J connectivity index is 1.17. The molecule has 1 saturated heterocycles. The minimum atomic E-state index is 0.361. The van der Waals surface area contributed by atoms with Crippen molar-refractivity contribution in [2.75, 3.05) is 59.8 Å². The molecule has 0 atom stereocenters. The Morgan fingerprint density at radius 2 is 1.81 bits per heavy atom. The minimum Gasteiger partial charge on any atom is -0.369 e. The van der Waals surface area contributed by atoms with E-state index in [1.165, 1.54) is 16.8 Å². The molecular weight excluding hydrogens is 462 g/mol. The van der Waals surface area contributed by atoms with E-state index in [-0.39, 0.29) is 0 Å². The molecule has 1 amide bonds. The van der Waals surface area contributed by atoms with Crippen molar-refractivity contribution in [1.29, 1.82) is 0 Å². The normalized spacial score (nSPS) is 17.6. The highest BCUT2D eigenvalue weighted by Gasteiger charge is 2.29. The highest BCUT2D eigenvalue weighted by atomic mass is 16.1. The summed E-state index contributed by atoms with van der Waals surface area (Å²) < 4.78 is 0. The van der Waals surface area contributed by atoms with E-state index in [0.29, 0.717) is 12.0 Å². The lowest BCUT2D eigenvalue weighted by Gasteiger charge is -2.34. The van der Waals surface area contributed by atoms with Crippen LogP contribution in [0.3, 0.4) is 0 Å². The Kier molecular flexibility index (Phi) is 6.42. The molecule has 1 aliphatic carbocycles. The van der Waals surface area contributed by atoms with Crippen molar-refractivity contribution < 1.29 is 4.79 Å². The number of aryl methyl sites for hydroxylation is 1. The number of amides is 1. The number of nitrogens with zero attached hydrogens (tertiary/aromatic N) is 6. The summed E-state index contributed by atoms with van der Waals surface area (Å²) in [4.78, 5) is 30.3. The number of nitrogens with one attached hydrogen (secondary N) is 1. The number of benzene rings is 2. The minimum absolute atomic E-state index is 0.361. The van der Waals surface area contributed by atoms with Crippen molar-refractivity contribution in [3.05, 3.63) is 65.4 Å². The zero-order valence-corrected chi connectivity index (χ0v) is 21.7. The summed E-state index contributed by atoms with van der Waals surface area (Å²) in [6.07, 6.45) is 4.09. The third kappa shape index (κ3) is 5.11. The molecule has 0 unspecified atom stereocenters. The first-order chi connectivity index (χ1) is 18.1. The van der Waals surface area contributed by atoms with Gasteiger partial charge in [-0.3, -0.25) is 4.79 Å². The molecule has 3 heterocycles. The Bertz CT molecular complexity index is 1270. The van der Waals surface area contributed by atoms with Crippen LogP contribution >= 0.6 is 0 Å². The molecule has 37 heavy (non-hydrogen) atoms. The second-order valence-corrected chi connectivity index (χ2v) is 10.5. The maximum Gasteiger partial charge on any atom is 0.229 e. The topological polar surface area (TPSA) is 67.8 Å². The Hall–Kier alpha value is -3.65. The van der Waals surface area contributed by atoms with E-state index >= 15 is 0 Å². The molecule has 8 heteroatoms. The fraction of sp³-hybridized carbons (Fsp3) is 0.414. The molecule has 3 aliphatic rings. The quantitative estimate of drug-likeness (QED) is 0.473. The lowest BCUT2D eigenvalue weighted by atomic mass is 10.1. The van der Waals surface area contributed by atoms with Gasteiger partial charge in [0.25, 0.3) is 0 Å². The van der Waals surface area contributed by atoms with E-state index < -0.39 is 0 Å². The first-order valence-electron chi connectivity index (χ1n) is 13.3. The van der Waals surface area contributed by atoms with Gasteiger partial charge >= 0.3 is 0 Å². The van der Waals surface area contributed by atoms with Gasteiger partial charge in [0.1, 0.15) is 5.82 Å². The van der Waals surface area contributed by atoms with Crippen LogP contribution in [0.15, 0.2) is 48.5 Å². The van der Waals surface area contributed by atoms with Crippen LogP contribution < -0.4 is 20.0 Å². The summed E-state index contributed by atoms with van der Waals surface area (Å²) >= 11 is 0. The highest BCUT2D eigenvalue weighted by Crippen LogP contribution is 2.33. The molecule has 6 rings (SSSR count). The molecular formula is C29H35N7O. The monoisotopic (exact) mass is 497 g/mol. The van der Waals surface area contributed by atoms with Crippen LogP contribution in [0.5, 0.6) is 0 Å². The standard InChI is InChI=1S/C29H35N7O/c1-21-27-12-13-35(19-22-4-3-5-26(18-22)36(20-37)25-10-11-25)28(27)32-29(30-21)31-23-6-8-24(9-7-23)34-16-14-33(2)15-17-34/h3-9,18,20,25H,10-17,19H2,1-2H3,(H,30,31,32). The van der Waals surface area contributed by atoms with E-state index in [1.54, 1.807) is 0 Å². The zero-order valence-electron chi connectivity index (χ0n) is 21.7. The van der Waals surface area contributed by atoms with Gasteiger partial charge in [-0.15, -0.1) is 0 Å². The third-order valence-electron chi connectivity index (χ3n) is 7.75. The number of likely N-dealkylation sites (N-methyl/N-ethyl adjacent to an activating group) is 1. The van der Waals surface area contributed by atoms with Crippen molar-refractivity contribution in [2.45, 2.75) is 38.8 Å². The molecule has 1 aromatic heterocycles. The largest absolute Gasteiger partial charge is 0.369 e. The van der Waals surface area contributed by atoms with Gasteiger partial charge in [-0.25, -0.2) is 4.98 Å². The summed E-state index contributed by atoms with van der Waals surface area (Å²) in [6, 6.07) is 17.3. The average molecular weight is 498 g/mol. The molecule has 2 aliphatic heterocycles. The summed E-state index contributed by atoms with van der Waals surface area (Å²) in [5, 5.41) is 3.43. The molecule has 3 aromatic rings. The van der Waals surface area contributed by atoms with E-state index in [0.717, 1.165) is 87.8 Å². The van der Waals surface area contributed by atoms with Crippen molar-refractivity contribution >= 4 is 35.2 Å². The van der Waals surface area contributed by atoms with E-state index in [9.17, 15) is 4.79 Å². The number of piperazine rings is 1. The Labute approximate surface area is 218 Å². The Morgan fingerprint density at radius 1 is 1.03 bits per heavy atom. The van der Waals surface area contributed by atoms with Crippen molar-refractivity contribution in [3.63, 3.8) is 0 Å². The Morgan fingerprint density at radius 3 is 2.54 bits per heavy atom. The fourth-order valence-electron chi connectivity index (χ4n) is 5.39. The summed E-state index contributed by atoms with van der Waals surface area (Å²) in [5.74, 6) is 1.63. The number of carbonyl (C=O) groups excluding carboxylic acids is 1. The second kappa shape index (κ2) is 10.0. The first kappa shape index (κ1) is 23.7. The zero-order chi connectivity index (χ0) is 25.4. The van der Waals surface area contributed by atoms with Gasteiger partial charge in [0.15, 0.2) is 0 Å². The first-order valence-corrected chi connectivity index (χ1v) is 13.3. The maximum atomic E-state index is 11.6. The van der Waals surface area contributed by atoms with Gasteiger partial charge in [-0.1, -0.05) is 12.1 Å². The van der Waals surface area contributed by atoms with Gasteiger partial charge in [0.2, 0.25) is 12.4 Å². The average Bonchev–Trinajstić information content (AvgIpc) is 3.66. The van der Waals surface area contributed by atoms with Gasteiger partial charge in [0.05, 0.1) is 0 Å². The van der Waals surface area contributed by atoms with Gasteiger partial charge in [0, 0.05) is 73.6 Å². The number of anilines is 5. The number of hydrogen-bond donors (Lipinski definition) is 1. The number of hydrogen-bond acceptors (Lipinski definition) is 7. The highest BCUT2D eigenvalue weighted by molar-refractivity contribution is 5.77. The van der Waals surface area contributed by atoms with E-state index in [4.69, 9.17) is 9.97 Å². The molecule has 2 fully saturated rings. The van der Waals surface area contributed by atoms with Crippen LogP contribution in [-0.2, 0) is 17.8 Å². The van der Waals surface area contributed by atoms with Crippen molar-refractivity contribution in [3.8, 4) is 0 Å². The molecule has 8 nitrogen and oxygen atoms in total. The van der Waals surface area contributed by atoms with Crippen molar-refractivity contribution in [1.82, 2.24) is 14.9 Å². The molecule has 192 valence electrons. The fourth-order valence-corrected chi connectivity index (χ4v) is 5.39. The van der Waals surface area contributed by atoms with Crippen LogP contribution in [0, 0.1) is 6.92 Å². The third-order valence-corrected chi connectivity index (χ3v) is 7.75. The number of carbonyl (C=O) groups is 1.